The molecule has 0 bridgehead atoms. The summed E-state index contributed by atoms with van der Waals surface area (Å²) in [6, 6.07) is 8.36. The molecule has 0 saturated heterocycles. The number of rotatable bonds is 3. The maximum atomic E-state index is 11.5. The van der Waals surface area contributed by atoms with Gasteiger partial charge in [0.15, 0.2) is 10.9 Å². The number of alkyl halides is 1. The van der Waals surface area contributed by atoms with E-state index in [4.69, 9.17) is 11.6 Å². The lowest BCUT2D eigenvalue weighted by molar-refractivity contribution is 0.101. The highest BCUT2D eigenvalue weighted by molar-refractivity contribution is 7.13. The summed E-state index contributed by atoms with van der Waals surface area (Å²) in [5.74, 6) is -0.125. The van der Waals surface area contributed by atoms with Crippen LogP contribution in [0.2, 0.25) is 0 Å². The highest BCUT2D eigenvalue weighted by Gasteiger charge is 2.21. The largest absolute Gasteiger partial charge is 0.339 e. The number of aromatic nitrogens is 1. The summed E-state index contributed by atoms with van der Waals surface area (Å²) in [4.78, 5) is 18.0. The fourth-order valence-corrected chi connectivity index (χ4v) is 3.04. The average molecular weight is 279 g/mol. The first kappa shape index (κ1) is 11.7. The summed E-state index contributed by atoms with van der Waals surface area (Å²) in [7, 11) is 0. The summed E-state index contributed by atoms with van der Waals surface area (Å²) in [6.07, 6.45) is 0. The lowest BCUT2D eigenvalue weighted by atomic mass is 10.1. The minimum Gasteiger partial charge on any atom is -0.339 e. The van der Waals surface area contributed by atoms with Gasteiger partial charge in [-0.2, -0.15) is 0 Å². The second-order valence-corrected chi connectivity index (χ2v) is 5.30. The summed E-state index contributed by atoms with van der Waals surface area (Å²) in [5, 5.41) is 2.67. The smallest absolute Gasteiger partial charge is 0.196 e. The second kappa shape index (κ2) is 4.71. The van der Waals surface area contributed by atoms with Crippen molar-refractivity contribution >= 4 is 33.9 Å². The minimum atomic E-state index is -0.115. The molecule has 0 fully saturated rings. The van der Waals surface area contributed by atoms with Gasteiger partial charge in [0, 0.05) is 18.5 Å². The maximum Gasteiger partial charge on any atom is 0.196 e. The van der Waals surface area contributed by atoms with E-state index in [2.05, 4.69) is 22.0 Å². The van der Waals surface area contributed by atoms with E-state index in [0.29, 0.717) is 5.69 Å². The Labute approximate surface area is 114 Å². The van der Waals surface area contributed by atoms with Gasteiger partial charge >= 0.3 is 0 Å². The molecule has 0 aliphatic carbocycles. The molecule has 0 radical (unpaired) electrons. The second-order valence-electron chi connectivity index (χ2n) is 4.20. The molecule has 5 heteroatoms. The molecule has 0 saturated carbocycles. The Hall–Kier alpha value is -1.39. The third-order valence-electron chi connectivity index (χ3n) is 3.01. The van der Waals surface area contributed by atoms with Gasteiger partial charge in [0.2, 0.25) is 0 Å². The van der Waals surface area contributed by atoms with E-state index in [1.165, 1.54) is 22.5 Å². The van der Waals surface area contributed by atoms with Gasteiger partial charge < -0.3 is 4.90 Å². The van der Waals surface area contributed by atoms with Crippen LogP contribution in [0.3, 0.4) is 0 Å². The number of carbonyl (C=O) groups excluding carboxylic acids is 1. The van der Waals surface area contributed by atoms with Crippen LogP contribution in [0.25, 0.3) is 0 Å². The predicted octanol–water partition coefficient (Wildman–Crippen LogP) is 3.08. The summed E-state index contributed by atoms with van der Waals surface area (Å²) in [5.41, 5.74) is 3.14. The number of fused-ring (bicyclic) bond motifs is 1. The van der Waals surface area contributed by atoms with Gasteiger partial charge in [-0.15, -0.1) is 22.9 Å². The third kappa shape index (κ3) is 2.02. The van der Waals surface area contributed by atoms with Crippen LogP contribution >= 0.6 is 22.9 Å². The van der Waals surface area contributed by atoms with Crippen LogP contribution in [-0.4, -0.2) is 16.6 Å². The van der Waals surface area contributed by atoms with Crippen molar-refractivity contribution in [1.82, 2.24) is 4.98 Å². The number of benzene rings is 1. The standard InChI is InChI=1S/C13H11ClN2OS/c14-5-12(17)11-8-18-13(15-11)16-6-9-3-1-2-4-10(9)7-16/h1-4,8H,5-7H2. The maximum absolute atomic E-state index is 11.5. The molecule has 0 amide bonds. The molecular formula is C13H11ClN2OS. The molecule has 0 atom stereocenters. The van der Waals surface area contributed by atoms with Gasteiger partial charge in [-0.3, -0.25) is 4.79 Å². The molecule has 2 aromatic rings. The monoisotopic (exact) mass is 278 g/mol. The Bertz CT molecular complexity index is 571. The minimum absolute atomic E-state index is 0.0105. The van der Waals surface area contributed by atoms with Gasteiger partial charge in [-0.1, -0.05) is 24.3 Å². The van der Waals surface area contributed by atoms with Crippen LogP contribution in [-0.2, 0) is 13.1 Å². The van der Waals surface area contributed by atoms with Gasteiger partial charge in [-0.05, 0) is 11.1 Å². The van der Waals surface area contributed by atoms with Crippen molar-refractivity contribution in [3.63, 3.8) is 0 Å². The number of halogens is 1. The third-order valence-corrected chi connectivity index (χ3v) is 4.15. The van der Waals surface area contributed by atoms with Crippen molar-refractivity contribution in [1.29, 1.82) is 0 Å². The number of anilines is 1. The fraction of sp³-hybridized carbons (Fsp3) is 0.231. The lowest BCUT2D eigenvalue weighted by Gasteiger charge is -2.12. The zero-order chi connectivity index (χ0) is 12.5. The fourth-order valence-electron chi connectivity index (χ4n) is 2.07. The first-order valence-electron chi connectivity index (χ1n) is 5.64. The van der Waals surface area contributed by atoms with E-state index >= 15 is 0 Å². The van der Waals surface area contributed by atoms with E-state index in [9.17, 15) is 4.79 Å². The number of nitrogens with zero attached hydrogens (tertiary/aromatic N) is 2. The number of thiazole rings is 1. The molecule has 1 aliphatic heterocycles. The van der Waals surface area contributed by atoms with Gasteiger partial charge in [0.1, 0.15) is 5.69 Å². The Morgan fingerprint density at radius 2 is 2.00 bits per heavy atom. The molecule has 1 aromatic carbocycles. The highest BCUT2D eigenvalue weighted by Crippen LogP contribution is 2.30. The molecule has 92 valence electrons. The van der Waals surface area contributed by atoms with Crippen molar-refractivity contribution in [3.8, 4) is 0 Å². The number of Topliss-reactive ketones (excluding diaryl/α,β-unsaturated/α-hetero) is 1. The normalized spacial score (nSPS) is 13.7. The number of carbonyl (C=O) groups is 1. The van der Waals surface area contributed by atoms with Gasteiger partial charge in [0.25, 0.3) is 0 Å². The first-order chi connectivity index (χ1) is 8.78. The molecule has 1 aliphatic rings. The SMILES string of the molecule is O=C(CCl)c1csc(N2Cc3ccccc3C2)n1. The Kier molecular flexibility index (Phi) is 3.06. The molecule has 1 aromatic heterocycles. The van der Waals surface area contributed by atoms with Crippen LogP contribution in [0.5, 0.6) is 0 Å². The zero-order valence-corrected chi connectivity index (χ0v) is 11.2. The van der Waals surface area contributed by atoms with Crippen LogP contribution in [0.15, 0.2) is 29.6 Å². The molecule has 0 unspecified atom stereocenters. The first-order valence-corrected chi connectivity index (χ1v) is 7.06. The Morgan fingerprint density at radius 3 is 2.61 bits per heavy atom. The predicted molar refractivity (Wildman–Crippen MR) is 73.5 cm³/mol. The molecule has 3 rings (SSSR count). The number of hydrogen-bond donors (Lipinski definition) is 0. The lowest BCUT2D eigenvalue weighted by Crippen LogP contribution is -2.14. The molecule has 2 heterocycles. The van der Waals surface area contributed by atoms with Crippen LogP contribution in [0, 0.1) is 0 Å². The summed E-state index contributed by atoms with van der Waals surface area (Å²) >= 11 is 7.03. The molecule has 18 heavy (non-hydrogen) atoms. The topological polar surface area (TPSA) is 33.2 Å². The van der Waals surface area contributed by atoms with Crippen molar-refractivity contribution in [3.05, 3.63) is 46.5 Å². The summed E-state index contributed by atoms with van der Waals surface area (Å²) < 4.78 is 0. The van der Waals surface area contributed by atoms with Crippen LogP contribution in [0.1, 0.15) is 21.6 Å². The molecule has 3 nitrogen and oxygen atoms in total. The van der Waals surface area contributed by atoms with Crippen molar-refractivity contribution in [2.24, 2.45) is 0 Å². The highest BCUT2D eigenvalue weighted by atomic mass is 35.5. The molecule has 0 spiro atoms. The van der Waals surface area contributed by atoms with Crippen molar-refractivity contribution in [2.45, 2.75) is 13.1 Å². The molecule has 0 N–H and O–H groups in total. The van der Waals surface area contributed by atoms with E-state index in [1.807, 2.05) is 12.1 Å². The quantitative estimate of drug-likeness (QED) is 0.639. The van der Waals surface area contributed by atoms with E-state index in [1.54, 1.807) is 5.38 Å². The number of hydrogen-bond acceptors (Lipinski definition) is 4. The zero-order valence-electron chi connectivity index (χ0n) is 9.60. The van der Waals surface area contributed by atoms with E-state index in [-0.39, 0.29) is 11.7 Å². The van der Waals surface area contributed by atoms with Gasteiger partial charge in [-0.25, -0.2) is 4.98 Å². The van der Waals surface area contributed by atoms with Crippen LogP contribution < -0.4 is 4.90 Å². The van der Waals surface area contributed by atoms with Gasteiger partial charge in [0.05, 0.1) is 5.88 Å². The van der Waals surface area contributed by atoms with Crippen LogP contribution in [0.4, 0.5) is 5.13 Å². The van der Waals surface area contributed by atoms with Crippen molar-refractivity contribution < 1.29 is 4.79 Å². The summed E-state index contributed by atoms with van der Waals surface area (Å²) in [6.45, 7) is 1.72. The average Bonchev–Trinajstić information content (AvgIpc) is 3.03. The molecular weight excluding hydrogens is 268 g/mol. The van der Waals surface area contributed by atoms with E-state index < -0.39 is 0 Å². The van der Waals surface area contributed by atoms with E-state index in [0.717, 1.165) is 18.2 Å². The number of ketones is 1. The Morgan fingerprint density at radius 1 is 1.33 bits per heavy atom. The van der Waals surface area contributed by atoms with Crippen molar-refractivity contribution in [2.75, 3.05) is 10.8 Å². The Balaban J connectivity index is 1.82.